The van der Waals surface area contributed by atoms with Crippen molar-refractivity contribution in [1.29, 1.82) is 5.26 Å². The first-order chi connectivity index (χ1) is 9.91. The van der Waals surface area contributed by atoms with Gasteiger partial charge in [-0.3, -0.25) is 9.59 Å². The fraction of sp³-hybridized carbons (Fsp3) is 0.400. The van der Waals surface area contributed by atoms with Crippen molar-refractivity contribution in [3.8, 4) is 6.07 Å². The zero-order valence-electron chi connectivity index (χ0n) is 11.1. The molecule has 0 aromatic heterocycles. The van der Waals surface area contributed by atoms with Crippen molar-refractivity contribution >= 4 is 27.8 Å². The van der Waals surface area contributed by atoms with E-state index in [0.29, 0.717) is 24.8 Å². The van der Waals surface area contributed by atoms with E-state index in [1.807, 2.05) is 6.07 Å². The lowest BCUT2D eigenvalue weighted by Crippen LogP contribution is -2.70. The van der Waals surface area contributed by atoms with Crippen LogP contribution in [0.3, 0.4) is 0 Å². The average Bonchev–Trinajstić information content (AvgIpc) is 2.32. The standard InChI is InChI=1S/C15H13BrN2O3/c16-10-3-1-2-9(4-10)11(5-17)18-12(19)14-6-15(7-14,8-14)13(20)21/h1-4,11H,6-8H2,(H,18,19)(H,20,21). The smallest absolute Gasteiger partial charge is 0.309 e. The van der Waals surface area contributed by atoms with Gasteiger partial charge in [0.25, 0.3) is 0 Å². The van der Waals surface area contributed by atoms with E-state index in [1.54, 1.807) is 18.2 Å². The average molecular weight is 349 g/mol. The molecule has 1 unspecified atom stereocenters. The van der Waals surface area contributed by atoms with Gasteiger partial charge < -0.3 is 10.4 Å². The van der Waals surface area contributed by atoms with Crippen molar-refractivity contribution in [3.05, 3.63) is 34.3 Å². The molecule has 3 saturated carbocycles. The molecule has 21 heavy (non-hydrogen) atoms. The van der Waals surface area contributed by atoms with Crippen LogP contribution in [0.2, 0.25) is 0 Å². The summed E-state index contributed by atoms with van der Waals surface area (Å²) in [5, 5.41) is 21.1. The van der Waals surface area contributed by atoms with E-state index in [0.717, 1.165) is 4.47 Å². The molecule has 0 radical (unpaired) electrons. The molecule has 6 heteroatoms. The van der Waals surface area contributed by atoms with Gasteiger partial charge in [-0.15, -0.1) is 0 Å². The molecule has 2 N–H and O–H groups in total. The summed E-state index contributed by atoms with van der Waals surface area (Å²) in [6, 6.07) is 8.57. The molecule has 0 aliphatic heterocycles. The first-order valence-corrected chi connectivity index (χ1v) is 7.40. The van der Waals surface area contributed by atoms with Crippen LogP contribution in [-0.4, -0.2) is 17.0 Å². The Hall–Kier alpha value is -1.87. The molecule has 108 valence electrons. The number of nitrogens with one attached hydrogen (secondary N) is 1. The number of nitriles is 1. The third-order valence-electron chi connectivity index (χ3n) is 4.55. The summed E-state index contributed by atoms with van der Waals surface area (Å²) in [6.07, 6.45) is 1.16. The van der Waals surface area contributed by atoms with Gasteiger partial charge >= 0.3 is 5.97 Å². The van der Waals surface area contributed by atoms with E-state index in [1.165, 1.54) is 0 Å². The SMILES string of the molecule is N#CC(NC(=O)C12CC(C(=O)O)(C1)C2)c1cccc(Br)c1. The summed E-state index contributed by atoms with van der Waals surface area (Å²) in [7, 11) is 0. The van der Waals surface area contributed by atoms with E-state index >= 15 is 0 Å². The lowest BCUT2D eigenvalue weighted by Gasteiger charge is -2.66. The van der Waals surface area contributed by atoms with E-state index in [2.05, 4.69) is 27.3 Å². The summed E-state index contributed by atoms with van der Waals surface area (Å²) in [5.74, 6) is -1.03. The molecule has 1 aromatic carbocycles. The van der Waals surface area contributed by atoms with E-state index in [9.17, 15) is 14.9 Å². The zero-order valence-corrected chi connectivity index (χ0v) is 12.7. The lowest BCUT2D eigenvalue weighted by molar-refractivity contribution is -0.220. The minimum Gasteiger partial charge on any atom is -0.481 e. The predicted octanol–water partition coefficient (Wildman–Crippen LogP) is 2.38. The second-order valence-corrected chi connectivity index (χ2v) is 6.90. The molecular weight excluding hydrogens is 336 g/mol. The quantitative estimate of drug-likeness (QED) is 0.873. The molecule has 2 bridgehead atoms. The van der Waals surface area contributed by atoms with Gasteiger partial charge in [0.2, 0.25) is 5.91 Å². The van der Waals surface area contributed by atoms with Crippen LogP contribution in [0.1, 0.15) is 30.9 Å². The number of aliphatic carboxylic acids is 1. The first-order valence-electron chi connectivity index (χ1n) is 6.60. The topological polar surface area (TPSA) is 90.2 Å². The number of carbonyl (C=O) groups is 2. The van der Waals surface area contributed by atoms with Crippen LogP contribution in [0.15, 0.2) is 28.7 Å². The lowest BCUT2D eigenvalue weighted by atomic mass is 9.35. The van der Waals surface area contributed by atoms with Gasteiger partial charge in [0, 0.05) is 4.47 Å². The number of halogens is 1. The Labute approximate surface area is 130 Å². The molecule has 4 rings (SSSR count). The third kappa shape index (κ3) is 2.04. The van der Waals surface area contributed by atoms with Crippen LogP contribution in [0.5, 0.6) is 0 Å². The number of carboxylic acid groups (broad SMARTS) is 1. The first kappa shape index (κ1) is 14.1. The third-order valence-corrected chi connectivity index (χ3v) is 5.05. The van der Waals surface area contributed by atoms with Crippen molar-refractivity contribution in [3.63, 3.8) is 0 Å². The summed E-state index contributed by atoms with van der Waals surface area (Å²) in [5.41, 5.74) is -0.547. The number of benzene rings is 1. The van der Waals surface area contributed by atoms with Crippen molar-refractivity contribution in [1.82, 2.24) is 5.32 Å². The second kappa shape index (κ2) is 4.57. The van der Waals surface area contributed by atoms with Crippen molar-refractivity contribution < 1.29 is 14.7 Å². The maximum Gasteiger partial charge on any atom is 0.309 e. The number of rotatable bonds is 4. The number of hydrogen-bond donors (Lipinski definition) is 2. The fourth-order valence-electron chi connectivity index (χ4n) is 3.42. The Morgan fingerprint density at radius 3 is 2.52 bits per heavy atom. The monoisotopic (exact) mass is 348 g/mol. The van der Waals surface area contributed by atoms with Gasteiger partial charge in [-0.25, -0.2) is 0 Å². The van der Waals surface area contributed by atoms with Crippen molar-refractivity contribution in [2.24, 2.45) is 10.8 Å². The van der Waals surface area contributed by atoms with Crippen molar-refractivity contribution in [2.45, 2.75) is 25.3 Å². The van der Waals surface area contributed by atoms with Crippen molar-refractivity contribution in [2.75, 3.05) is 0 Å². The minimum atomic E-state index is -0.819. The maximum absolute atomic E-state index is 12.3. The highest BCUT2D eigenvalue weighted by Crippen LogP contribution is 2.73. The molecule has 0 heterocycles. The zero-order chi connectivity index (χ0) is 15.3. The van der Waals surface area contributed by atoms with Gasteiger partial charge in [-0.2, -0.15) is 5.26 Å². The molecule has 1 atom stereocenters. The van der Waals surface area contributed by atoms with Crippen LogP contribution in [0.4, 0.5) is 0 Å². The summed E-state index contributed by atoms with van der Waals surface area (Å²) in [6.45, 7) is 0. The number of amides is 1. The largest absolute Gasteiger partial charge is 0.481 e. The number of nitrogens with zero attached hydrogens (tertiary/aromatic N) is 1. The fourth-order valence-corrected chi connectivity index (χ4v) is 3.83. The molecule has 3 fully saturated rings. The molecule has 0 spiro atoms. The normalized spacial score (nSPS) is 30.3. The number of hydrogen-bond acceptors (Lipinski definition) is 3. The Morgan fingerprint density at radius 1 is 1.33 bits per heavy atom. The summed E-state index contributed by atoms with van der Waals surface area (Å²) < 4.78 is 0.838. The number of carboxylic acids is 1. The van der Waals surface area contributed by atoms with Crippen LogP contribution in [-0.2, 0) is 9.59 Å². The highest BCUT2D eigenvalue weighted by atomic mass is 79.9. The predicted molar refractivity (Wildman–Crippen MR) is 77.0 cm³/mol. The molecule has 3 aliphatic carbocycles. The second-order valence-electron chi connectivity index (χ2n) is 5.99. The molecule has 1 aromatic rings. The van der Waals surface area contributed by atoms with E-state index in [-0.39, 0.29) is 5.91 Å². The van der Waals surface area contributed by atoms with Gasteiger partial charge in [0.1, 0.15) is 6.04 Å². The number of carbonyl (C=O) groups excluding carboxylic acids is 1. The van der Waals surface area contributed by atoms with Crippen LogP contribution < -0.4 is 5.32 Å². The van der Waals surface area contributed by atoms with Gasteiger partial charge in [0.15, 0.2) is 0 Å². The van der Waals surface area contributed by atoms with Gasteiger partial charge in [-0.05, 0) is 37.0 Å². The summed E-state index contributed by atoms with van der Waals surface area (Å²) in [4.78, 5) is 23.4. The minimum absolute atomic E-state index is 0.211. The Morgan fingerprint density at radius 2 is 2.00 bits per heavy atom. The van der Waals surface area contributed by atoms with Crippen LogP contribution in [0.25, 0.3) is 0 Å². The molecule has 0 saturated heterocycles. The molecular formula is C15H13BrN2O3. The van der Waals surface area contributed by atoms with Gasteiger partial charge in [-0.1, -0.05) is 28.1 Å². The van der Waals surface area contributed by atoms with Crippen LogP contribution in [0, 0.1) is 22.2 Å². The molecule has 5 nitrogen and oxygen atoms in total. The Balaban J connectivity index is 1.68. The highest BCUT2D eigenvalue weighted by Gasteiger charge is 2.75. The van der Waals surface area contributed by atoms with E-state index in [4.69, 9.17) is 5.11 Å². The van der Waals surface area contributed by atoms with E-state index < -0.39 is 22.8 Å². The van der Waals surface area contributed by atoms with Crippen LogP contribution >= 0.6 is 15.9 Å². The Bertz CT molecular complexity index is 660. The maximum atomic E-state index is 12.3. The highest BCUT2D eigenvalue weighted by molar-refractivity contribution is 9.10. The Kier molecular flexibility index (Phi) is 3.06. The molecule has 3 aliphatic rings. The summed E-state index contributed by atoms with van der Waals surface area (Å²) >= 11 is 3.33. The molecule has 1 amide bonds. The van der Waals surface area contributed by atoms with Gasteiger partial charge in [0.05, 0.1) is 16.9 Å².